The van der Waals surface area contributed by atoms with Crippen LogP contribution in [0.4, 0.5) is 0 Å². The normalized spacial score (nSPS) is 10.3. The number of hydrogen-bond acceptors (Lipinski definition) is 3. The fraction of sp³-hybridized carbons (Fsp3) is 0.0500. The smallest absolute Gasteiger partial charge is 0.337 e. The van der Waals surface area contributed by atoms with E-state index in [1.165, 1.54) is 7.11 Å². The van der Waals surface area contributed by atoms with Crippen molar-refractivity contribution in [2.24, 2.45) is 0 Å². The lowest BCUT2D eigenvalue weighted by molar-refractivity contribution is 0.0601. The molecule has 0 saturated carbocycles. The first kappa shape index (κ1) is 14.9. The first-order valence-electron chi connectivity index (χ1n) is 7.25. The van der Waals surface area contributed by atoms with Gasteiger partial charge in [0.05, 0.1) is 12.7 Å². The second-order valence-corrected chi connectivity index (χ2v) is 5.19. The molecule has 0 bridgehead atoms. The summed E-state index contributed by atoms with van der Waals surface area (Å²) in [7, 11) is 1.37. The molecule has 1 N–H and O–H groups in total. The SMILES string of the molecule is COC(=O)c1ccc(-c2ccc(-c3ccc(O)cc3)cc2)cc1. The molecule has 3 rings (SSSR count). The van der Waals surface area contributed by atoms with E-state index in [4.69, 9.17) is 4.74 Å². The second-order valence-electron chi connectivity index (χ2n) is 5.19. The number of benzene rings is 3. The van der Waals surface area contributed by atoms with E-state index < -0.39 is 0 Å². The lowest BCUT2D eigenvalue weighted by atomic mass is 9.99. The van der Waals surface area contributed by atoms with Crippen LogP contribution < -0.4 is 0 Å². The number of rotatable bonds is 3. The average Bonchev–Trinajstić information content (AvgIpc) is 2.62. The minimum absolute atomic E-state index is 0.260. The Bertz CT molecular complexity index is 801. The van der Waals surface area contributed by atoms with Gasteiger partial charge < -0.3 is 9.84 Å². The maximum atomic E-state index is 11.4. The number of phenols is 1. The number of ether oxygens (including phenoxy) is 1. The molecule has 0 radical (unpaired) electrons. The fourth-order valence-electron chi connectivity index (χ4n) is 2.43. The van der Waals surface area contributed by atoms with Gasteiger partial charge in [0.2, 0.25) is 0 Å². The van der Waals surface area contributed by atoms with Crippen molar-refractivity contribution in [3.05, 3.63) is 78.4 Å². The summed E-state index contributed by atoms with van der Waals surface area (Å²) in [5.74, 6) is -0.0738. The van der Waals surface area contributed by atoms with Gasteiger partial charge in [0.25, 0.3) is 0 Å². The van der Waals surface area contributed by atoms with Gasteiger partial charge in [0.15, 0.2) is 0 Å². The summed E-state index contributed by atoms with van der Waals surface area (Å²) >= 11 is 0. The van der Waals surface area contributed by atoms with Crippen LogP contribution in [-0.4, -0.2) is 18.2 Å². The van der Waals surface area contributed by atoms with Crippen molar-refractivity contribution in [2.75, 3.05) is 7.11 Å². The lowest BCUT2D eigenvalue weighted by Crippen LogP contribution is -2.00. The van der Waals surface area contributed by atoms with E-state index in [0.717, 1.165) is 22.3 Å². The second kappa shape index (κ2) is 6.36. The van der Waals surface area contributed by atoms with Crippen LogP contribution in [0.3, 0.4) is 0 Å². The zero-order valence-corrected chi connectivity index (χ0v) is 12.7. The summed E-state index contributed by atoms with van der Waals surface area (Å²) in [5, 5.41) is 9.34. The Balaban J connectivity index is 1.84. The molecule has 0 unspecified atom stereocenters. The highest BCUT2D eigenvalue weighted by molar-refractivity contribution is 5.90. The Morgan fingerprint density at radius 2 is 1.04 bits per heavy atom. The van der Waals surface area contributed by atoms with E-state index in [0.29, 0.717) is 5.56 Å². The standard InChI is InChI=1S/C20H16O3/c1-23-20(22)18-8-6-16(7-9-18)14-2-4-15(5-3-14)17-10-12-19(21)13-11-17/h2-13,21H,1H3. The predicted molar refractivity (Wildman–Crippen MR) is 90.3 cm³/mol. The zero-order valence-electron chi connectivity index (χ0n) is 12.7. The molecule has 0 aliphatic carbocycles. The third-order valence-corrected chi connectivity index (χ3v) is 3.72. The molecule has 0 atom stereocenters. The van der Waals surface area contributed by atoms with Gasteiger partial charge in [-0.2, -0.15) is 0 Å². The van der Waals surface area contributed by atoms with Gasteiger partial charge in [-0.15, -0.1) is 0 Å². The zero-order chi connectivity index (χ0) is 16.2. The predicted octanol–water partition coefficient (Wildman–Crippen LogP) is 4.51. The molecule has 0 aliphatic rings. The Morgan fingerprint density at radius 1 is 0.696 bits per heavy atom. The molecular formula is C20H16O3. The summed E-state index contributed by atoms with van der Waals surface area (Å²) < 4.78 is 4.70. The number of carbonyl (C=O) groups excluding carboxylic acids is 1. The average molecular weight is 304 g/mol. The molecule has 0 fully saturated rings. The molecule has 0 spiro atoms. The minimum atomic E-state index is -0.334. The molecule has 0 heterocycles. The van der Waals surface area contributed by atoms with Crippen LogP contribution in [0.5, 0.6) is 5.75 Å². The molecule has 3 aromatic carbocycles. The van der Waals surface area contributed by atoms with Crippen molar-refractivity contribution in [3.63, 3.8) is 0 Å². The van der Waals surface area contributed by atoms with E-state index in [1.807, 2.05) is 48.5 Å². The van der Waals surface area contributed by atoms with Crippen molar-refractivity contribution >= 4 is 5.97 Å². The maximum Gasteiger partial charge on any atom is 0.337 e. The van der Waals surface area contributed by atoms with Crippen LogP contribution in [0.15, 0.2) is 72.8 Å². The van der Waals surface area contributed by atoms with Gasteiger partial charge in [-0.25, -0.2) is 4.79 Å². The van der Waals surface area contributed by atoms with Gasteiger partial charge in [-0.3, -0.25) is 0 Å². The Hall–Kier alpha value is -3.07. The topological polar surface area (TPSA) is 46.5 Å². The van der Waals surface area contributed by atoms with Crippen molar-refractivity contribution in [3.8, 4) is 28.0 Å². The molecule has 114 valence electrons. The largest absolute Gasteiger partial charge is 0.508 e. The first-order chi connectivity index (χ1) is 11.2. The van der Waals surface area contributed by atoms with Crippen molar-refractivity contribution in [2.45, 2.75) is 0 Å². The Morgan fingerprint density at radius 3 is 1.43 bits per heavy atom. The van der Waals surface area contributed by atoms with Crippen LogP contribution >= 0.6 is 0 Å². The third kappa shape index (κ3) is 3.24. The summed E-state index contributed by atoms with van der Waals surface area (Å²) in [4.78, 5) is 11.4. The fourth-order valence-corrected chi connectivity index (χ4v) is 2.43. The van der Waals surface area contributed by atoms with Crippen molar-refractivity contribution in [1.82, 2.24) is 0 Å². The van der Waals surface area contributed by atoms with Crippen molar-refractivity contribution in [1.29, 1.82) is 0 Å². The van der Waals surface area contributed by atoms with E-state index in [-0.39, 0.29) is 11.7 Å². The van der Waals surface area contributed by atoms with Crippen LogP contribution in [0, 0.1) is 0 Å². The molecule has 0 saturated heterocycles. The highest BCUT2D eigenvalue weighted by Crippen LogP contribution is 2.26. The van der Waals surface area contributed by atoms with E-state index in [2.05, 4.69) is 0 Å². The number of hydrogen-bond donors (Lipinski definition) is 1. The van der Waals surface area contributed by atoms with Crippen LogP contribution in [0.25, 0.3) is 22.3 Å². The molecule has 3 nitrogen and oxygen atoms in total. The minimum Gasteiger partial charge on any atom is -0.508 e. The molecule has 23 heavy (non-hydrogen) atoms. The molecular weight excluding hydrogens is 288 g/mol. The molecule has 3 aromatic rings. The van der Waals surface area contributed by atoms with Gasteiger partial charge in [0.1, 0.15) is 5.75 Å². The quantitative estimate of drug-likeness (QED) is 0.724. The van der Waals surface area contributed by atoms with E-state index >= 15 is 0 Å². The summed E-state index contributed by atoms with van der Waals surface area (Å²) in [5.41, 5.74) is 4.78. The van der Waals surface area contributed by atoms with Crippen LogP contribution in [0.2, 0.25) is 0 Å². The number of methoxy groups -OCH3 is 1. The monoisotopic (exact) mass is 304 g/mol. The molecule has 0 aromatic heterocycles. The van der Waals surface area contributed by atoms with Gasteiger partial charge in [0, 0.05) is 0 Å². The van der Waals surface area contributed by atoms with Gasteiger partial charge in [-0.05, 0) is 46.5 Å². The van der Waals surface area contributed by atoms with Crippen LogP contribution in [-0.2, 0) is 4.74 Å². The number of phenolic OH excluding ortho intramolecular Hbond substituents is 1. The number of carbonyl (C=O) groups is 1. The molecule has 0 aliphatic heterocycles. The third-order valence-electron chi connectivity index (χ3n) is 3.72. The van der Waals surface area contributed by atoms with E-state index in [9.17, 15) is 9.90 Å². The molecule has 3 heteroatoms. The summed E-state index contributed by atoms with van der Waals surface area (Å²) in [6, 6.07) is 22.6. The first-order valence-corrected chi connectivity index (χ1v) is 7.25. The Kier molecular flexibility index (Phi) is 4.11. The van der Waals surface area contributed by atoms with Gasteiger partial charge in [-0.1, -0.05) is 48.5 Å². The van der Waals surface area contributed by atoms with Crippen LogP contribution in [0.1, 0.15) is 10.4 Å². The maximum absolute atomic E-state index is 11.4. The molecule has 0 amide bonds. The highest BCUT2D eigenvalue weighted by atomic mass is 16.5. The lowest BCUT2D eigenvalue weighted by Gasteiger charge is -2.06. The highest BCUT2D eigenvalue weighted by Gasteiger charge is 2.05. The van der Waals surface area contributed by atoms with E-state index in [1.54, 1.807) is 24.3 Å². The van der Waals surface area contributed by atoms with Crippen molar-refractivity contribution < 1.29 is 14.6 Å². The number of esters is 1. The Labute approximate surface area is 134 Å². The summed E-state index contributed by atoms with van der Waals surface area (Å²) in [6.45, 7) is 0. The summed E-state index contributed by atoms with van der Waals surface area (Å²) in [6.07, 6.45) is 0. The number of aromatic hydroxyl groups is 1. The van der Waals surface area contributed by atoms with Gasteiger partial charge >= 0.3 is 5.97 Å².